The number of halogens is 1. The highest BCUT2D eigenvalue weighted by molar-refractivity contribution is 9.10. The molecule has 1 aliphatic heterocycles. The number of carbonyl (C=O) groups is 1. The number of hydrogen-bond acceptors (Lipinski definition) is 4. The van der Waals surface area contributed by atoms with E-state index in [0.717, 1.165) is 22.2 Å². The molecule has 0 bridgehead atoms. The summed E-state index contributed by atoms with van der Waals surface area (Å²) in [5.41, 5.74) is 7.63. The van der Waals surface area contributed by atoms with Crippen LogP contribution in [0.5, 0.6) is 5.75 Å². The van der Waals surface area contributed by atoms with Gasteiger partial charge in [-0.15, -0.1) is 0 Å². The number of aliphatic carboxylic acids is 1. The molecular formula is C12H15BrN2O3. The van der Waals surface area contributed by atoms with Crippen LogP contribution in [0, 0.1) is 0 Å². The van der Waals surface area contributed by atoms with E-state index in [1.54, 1.807) is 0 Å². The summed E-state index contributed by atoms with van der Waals surface area (Å²) < 4.78 is 6.59. The Labute approximate surface area is 113 Å². The van der Waals surface area contributed by atoms with Crippen molar-refractivity contribution in [1.82, 2.24) is 5.32 Å². The van der Waals surface area contributed by atoms with E-state index in [1.165, 1.54) is 5.56 Å². The van der Waals surface area contributed by atoms with Gasteiger partial charge in [0.15, 0.2) is 0 Å². The molecule has 1 aromatic carbocycles. The van der Waals surface area contributed by atoms with Crippen molar-refractivity contribution in [3.8, 4) is 5.75 Å². The minimum absolute atomic E-state index is 0.233. The van der Waals surface area contributed by atoms with Gasteiger partial charge in [-0.2, -0.15) is 0 Å². The largest absolute Gasteiger partial charge is 0.493 e. The third-order valence-electron chi connectivity index (χ3n) is 2.82. The van der Waals surface area contributed by atoms with Gasteiger partial charge in [0.25, 0.3) is 0 Å². The zero-order valence-corrected chi connectivity index (χ0v) is 11.4. The molecule has 1 aromatic rings. The van der Waals surface area contributed by atoms with Gasteiger partial charge in [0, 0.05) is 29.5 Å². The minimum Gasteiger partial charge on any atom is -0.493 e. The summed E-state index contributed by atoms with van der Waals surface area (Å²) in [6.07, 6.45) is 0.913. The molecule has 0 amide bonds. The number of carboxylic acids is 1. The lowest BCUT2D eigenvalue weighted by Gasteiger charge is -2.11. The predicted octanol–water partition coefficient (Wildman–Crippen LogP) is 0.885. The molecule has 18 heavy (non-hydrogen) atoms. The van der Waals surface area contributed by atoms with Crippen LogP contribution in [-0.2, 0) is 17.8 Å². The highest BCUT2D eigenvalue weighted by Crippen LogP contribution is 2.32. The zero-order valence-electron chi connectivity index (χ0n) is 9.78. The Balaban J connectivity index is 2.00. The molecule has 2 rings (SSSR count). The summed E-state index contributed by atoms with van der Waals surface area (Å²) in [5.74, 6) is -0.0900. The third kappa shape index (κ3) is 3.01. The summed E-state index contributed by atoms with van der Waals surface area (Å²) in [6.45, 7) is 1.48. The van der Waals surface area contributed by atoms with Gasteiger partial charge in [-0.1, -0.05) is 15.9 Å². The first-order valence-electron chi connectivity index (χ1n) is 5.71. The maximum Gasteiger partial charge on any atom is 0.321 e. The molecule has 0 saturated carbocycles. The van der Waals surface area contributed by atoms with Crippen molar-refractivity contribution in [2.45, 2.75) is 19.0 Å². The standard InChI is InChI=1S/C12H15BrN2O3/c13-9-3-7-1-2-18-11(7)8(4-9)5-15-6-10(14)12(16)17/h3-4,10,15H,1-2,5-6,14H2,(H,16,17). The second kappa shape index (κ2) is 5.69. The molecule has 1 heterocycles. The topological polar surface area (TPSA) is 84.6 Å². The minimum atomic E-state index is -1.00. The fourth-order valence-electron chi connectivity index (χ4n) is 1.93. The lowest BCUT2D eigenvalue weighted by molar-refractivity contribution is -0.138. The molecule has 0 fully saturated rings. The fraction of sp³-hybridized carbons (Fsp3) is 0.417. The Hall–Kier alpha value is -1.11. The Morgan fingerprint density at radius 1 is 1.61 bits per heavy atom. The van der Waals surface area contributed by atoms with Crippen LogP contribution in [0.15, 0.2) is 16.6 Å². The van der Waals surface area contributed by atoms with E-state index in [9.17, 15) is 4.79 Å². The van der Waals surface area contributed by atoms with Gasteiger partial charge in [-0.3, -0.25) is 4.79 Å². The van der Waals surface area contributed by atoms with Crippen molar-refractivity contribution < 1.29 is 14.6 Å². The van der Waals surface area contributed by atoms with Crippen LogP contribution in [0.1, 0.15) is 11.1 Å². The van der Waals surface area contributed by atoms with Crippen LogP contribution in [0.4, 0.5) is 0 Å². The normalized spacial score (nSPS) is 15.0. The predicted molar refractivity (Wildman–Crippen MR) is 70.7 cm³/mol. The van der Waals surface area contributed by atoms with E-state index in [4.69, 9.17) is 15.6 Å². The van der Waals surface area contributed by atoms with Gasteiger partial charge in [0.2, 0.25) is 0 Å². The maximum atomic E-state index is 10.6. The number of fused-ring (bicyclic) bond motifs is 1. The van der Waals surface area contributed by atoms with E-state index < -0.39 is 12.0 Å². The molecule has 0 spiro atoms. The number of hydrogen-bond donors (Lipinski definition) is 3. The van der Waals surface area contributed by atoms with Crippen LogP contribution in [0.3, 0.4) is 0 Å². The Morgan fingerprint density at radius 3 is 3.11 bits per heavy atom. The molecule has 1 unspecified atom stereocenters. The van der Waals surface area contributed by atoms with Crippen molar-refractivity contribution >= 4 is 21.9 Å². The molecule has 0 aliphatic carbocycles. The van der Waals surface area contributed by atoms with Crippen LogP contribution in [0.2, 0.25) is 0 Å². The quantitative estimate of drug-likeness (QED) is 0.751. The lowest BCUT2D eigenvalue weighted by atomic mass is 10.1. The number of nitrogens with two attached hydrogens (primary N) is 1. The second-order valence-corrected chi connectivity index (χ2v) is 5.14. The average molecular weight is 315 g/mol. The van der Waals surface area contributed by atoms with E-state index in [-0.39, 0.29) is 6.54 Å². The smallest absolute Gasteiger partial charge is 0.321 e. The fourth-order valence-corrected chi connectivity index (χ4v) is 2.48. The van der Waals surface area contributed by atoms with Gasteiger partial charge >= 0.3 is 5.97 Å². The van der Waals surface area contributed by atoms with Crippen LogP contribution in [0.25, 0.3) is 0 Å². The SMILES string of the molecule is NC(CNCc1cc(Br)cc2c1OCC2)C(=O)O. The summed E-state index contributed by atoms with van der Waals surface area (Å²) in [5, 5.41) is 11.7. The molecule has 1 atom stereocenters. The highest BCUT2D eigenvalue weighted by Gasteiger charge is 2.17. The second-order valence-electron chi connectivity index (χ2n) is 4.23. The molecule has 4 N–H and O–H groups in total. The molecule has 0 aromatic heterocycles. The summed E-state index contributed by atoms with van der Waals surface area (Å²) in [7, 11) is 0. The number of ether oxygens (including phenoxy) is 1. The molecule has 6 heteroatoms. The van der Waals surface area contributed by atoms with Crippen molar-refractivity contribution in [1.29, 1.82) is 0 Å². The molecule has 0 radical (unpaired) electrons. The van der Waals surface area contributed by atoms with Crippen molar-refractivity contribution in [3.05, 3.63) is 27.7 Å². The molecule has 0 saturated heterocycles. The Morgan fingerprint density at radius 2 is 2.39 bits per heavy atom. The Kier molecular flexibility index (Phi) is 4.21. The van der Waals surface area contributed by atoms with E-state index in [2.05, 4.69) is 27.3 Å². The van der Waals surface area contributed by atoms with Crippen molar-refractivity contribution in [2.24, 2.45) is 5.73 Å². The van der Waals surface area contributed by atoms with Crippen LogP contribution >= 0.6 is 15.9 Å². The van der Waals surface area contributed by atoms with Gasteiger partial charge in [-0.05, 0) is 17.7 Å². The monoisotopic (exact) mass is 314 g/mol. The van der Waals surface area contributed by atoms with Gasteiger partial charge in [0.1, 0.15) is 11.8 Å². The first-order valence-corrected chi connectivity index (χ1v) is 6.50. The first-order chi connectivity index (χ1) is 8.58. The molecule has 98 valence electrons. The van der Waals surface area contributed by atoms with Gasteiger partial charge in [0.05, 0.1) is 6.61 Å². The average Bonchev–Trinajstić information content (AvgIpc) is 2.76. The summed E-state index contributed by atoms with van der Waals surface area (Å²) >= 11 is 3.46. The number of nitrogens with one attached hydrogen (secondary N) is 1. The molecule has 5 nitrogen and oxygen atoms in total. The van der Waals surface area contributed by atoms with Crippen LogP contribution < -0.4 is 15.8 Å². The summed E-state index contributed by atoms with van der Waals surface area (Å²) in [4.78, 5) is 10.6. The lowest BCUT2D eigenvalue weighted by Crippen LogP contribution is -2.40. The van der Waals surface area contributed by atoms with Crippen LogP contribution in [-0.4, -0.2) is 30.3 Å². The van der Waals surface area contributed by atoms with E-state index >= 15 is 0 Å². The van der Waals surface area contributed by atoms with Gasteiger partial charge in [-0.25, -0.2) is 0 Å². The highest BCUT2D eigenvalue weighted by atomic mass is 79.9. The molecule has 1 aliphatic rings. The van der Waals surface area contributed by atoms with Gasteiger partial charge < -0.3 is 20.9 Å². The number of rotatable bonds is 5. The summed E-state index contributed by atoms with van der Waals surface area (Å²) in [6, 6.07) is 3.14. The van der Waals surface area contributed by atoms with E-state index in [0.29, 0.717) is 13.2 Å². The molecular weight excluding hydrogens is 300 g/mol. The maximum absolute atomic E-state index is 10.6. The number of carboxylic acid groups (broad SMARTS) is 1. The number of benzene rings is 1. The van der Waals surface area contributed by atoms with Crippen molar-refractivity contribution in [2.75, 3.05) is 13.2 Å². The van der Waals surface area contributed by atoms with Crippen molar-refractivity contribution in [3.63, 3.8) is 0 Å². The zero-order chi connectivity index (χ0) is 13.1. The first kappa shape index (κ1) is 13.3. The Bertz CT molecular complexity index is 465. The van der Waals surface area contributed by atoms with E-state index in [1.807, 2.05) is 6.07 Å². The third-order valence-corrected chi connectivity index (χ3v) is 3.28.